The number of benzene rings is 2. The van der Waals surface area contributed by atoms with Gasteiger partial charge >= 0.3 is 0 Å². The first-order chi connectivity index (χ1) is 13.4. The third kappa shape index (κ3) is 4.64. The van der Waals surface area contributed by atoms with Gasteiger partial charge in [0.05, 0.1) is 0 Å². The second-order valence-electron chi connectivity index (χ2n) is 6.14. The van der Waals surface area contributed by atoms with E-state index in [1.165, 1.54) is 26.2 Å². The molecule has 0 aliphatic rings. The molecule has 2 aromatic carbocycles. The zero-order valence-corrected chi connectivity index (χ0v) is 15.4. The molecule has 0 fully saturated rings. The molecule has 0 aliphatic carbocycles. The fourth-order valence-electron chi connectivity index (χ4n) is 2.50. The zero-order chi connectivity index (χ0) is 20.1. The number of hydrogen-bond donors (Lipinski definition) is 2. The van der Waals surface area contributed by atoms with Crippen LogP contribution in [0, 0.1) is 0 Å². The highest BCUT2D eigenvalue weighted by Gasteiger charge is 2.10. The molecule has 7 heteroatoms. The van der Waals surface area contributed by atoms with E-state index < -0.39 is 5.91 Å². The van der Waals surface area contributed by atoms with Crippen LogP contribution in [-0.4, -0.2) is 27.4 Å². The highest BCUT2D eigenvalue weighted by Crippen LogP contribution is 2.17. The molecule has 140 valence electrons. The van der Waals surface area contributed by atoms with Crippen LogP contribution in [0.15, 0.2) is 60.9 Å². The van der Waals surface area contributed by atoms with Crippen LogP contribution in [0.25, 0.3) is 0 Å². The van der Waals surface area contributed by atoms with Crippen molar-refractivity contribution in [3.63, 3.8) is 0 Å². The lowest BCUT2D eigenvalue weighted by molar-refractivity contribution is 0.100. The van der Waals surface area contributed by atoms with Crippen LogP contribution in [0.3, 0.4) is 0 Å². The first kappa shape index (κ1) is 18.9. The molecule has 0 spiro atoms. The molecule has 1 amide bonds. The van der Waals surface area contributed by atoms with E-state index in [4.69, 9.17) is 0 Å². The largest absolute Gasteiger partial charge is 0.340 e. The zero-order valence-electron chi connectivity index (χ0n) is 15.4. The molecule has 3 aromatic rings. The van der Waals surface area contributed by atoms with Crippen LogP contribution in [0.5, 0.6) is 0 Å². The standard InChI is InChI=1S/C21H18N4O3/c1-13(26)15-6-8-17(9-7-15)25-21(28)19-11-20(23-12-22-19)24-18-5-3-4-16(10-18)14(2)27/h3-12H,1-2H3,(H,25,28)(H,22,23,24). The van der Waals surface area contributed by atoms with Crippen LogP contribution >= 0.6 is 0 Å². The lowest BCUT2D eigenvalue weighted by Crippen LogP contribution is -2.14. The number of aromatic nitrogens is 2. The predicted molar refractivity (Wildman–Crippen MR) is 106 cm³/mol. The van der Waals surface area contributed by atoms with E-state index in [0.29, 0.717) is 28.3 Å². The van der Waals surface area contributed by atoms with Gasteiger partial charge in [-0.05, 0) is 50.2 Å². The molecule has 0 unspecified atom stereocenters. The first-order valence-corrected chi connectivity index (χ1v) is 8.55. The Morgan fingerprint density at radius 1 is 0.786 bits per heavy atom. The Balaban J connectivity index is 1.73. The van der Waals surface area contributed by atoms with Crippen molar-refractivity contribution in [1.82, 2.24) is 9.97 Å². The maximum absolute atomic E-state index is 12.4. The van der Waals surface area contributed by atoms with Crippen molar-refractivity contribution < 1.29 is 14.4 Å². The van der Waals surface area contributed by atoms with Gasteiger partial charge in [-0.3, -0.25) is 14.4 Å². The Hall–Kier alpha value is -3.87. The van der Waals surface area contributed by atoms with Crippen molar-refractivity contribution in [3.05, 3.63) is 77.7 Å². The minimum absolute atomic E-state index is 0.0396. The van der Waals surface area contributed by atoms with Crippen molar-refractivity contribution in [1.29, 1.82) is 0 Å². The monoisotopic (exact) mass is 374 g/mol. The van der Waals surface area contributed by atoms with E-state index in [-0.39, 0.29) is 17.3 Å². The maximum atomic E-state index is 12.4. The van der Waals surface area contributed by atoms with E-state index in [1.54, 1.807) is 48.5 Å². The van der Waals surface area contributed by atoms with Gasteiger partial charge in [0.25, 0.3) is 5.91 Å². The predicted octanol–water partition coefficient (Wildman–Crippen LogP) is 3.88. The van der Waals surface area contributed by atoms with Gasteiger partial charge in [0.2, 0.25) is 0 Å². The third-order valence-electron chi connectivity index (χ3n) is 3.99. The quantitative estimate of drug-likeness (QED) is 0.635. The molecule has 0 saturated heterocycles. The summed E-state index contributed by atoms with van der Waals surface area (Å²) in [5.41, 5.74) is 2.55. The summed E-state index contributed by atoms with van der Waals surface area (Å²) in [7, 11) is 0. The summed E-state index contributed by atoms with van der Waals surface area (Å²) in [5.74, 6) is -0.0632. The fourth-order valence-corrected chi connectivity index (χ4v) is 2.50. The summed E-state index contributed by atoms with van der Waals surface area (Å²) >= 11 is 0. The van der Waals surface area contributed by atoms with Crippen LogP contribution in [0.2, 0.25) is 0 Å². The number of anilines is 3. The molecule has 0 atom stereocenters. The highest BCUT2D eigenvalue weighted by atomic mass is 16.2. The van der Waals surface area contributed by atoms with Crippen LogP contribution in [0.1, 0.15) is 45.1 Å². The second-order valence-corrected chi connectivity index (χ2v) is 6.14. The summed E-state index contributed by atoms with van der Waals surface area (Å²) in [6.45, 7) is 2.98. The van der Waals surface area contributed by atoms with E-state index in [0.717, 1.165) is 0 Å². The smallest absolute Gasteiger partial charge is 0.274 e. The molecular weight excluding hydrogens is 356 g/mol. The molecule has 0 radical (unpaired) electrons. The van der Waals surface area contributed by atoms with Crippen molar-refractivity contribution >= 4 is 34.7 Å². The maximum Gasteiger partial charge on any atom is 0.274 e. The number of hydrogen-bond acceptors (Lipinski definition) is 6. The number of nitrogens with one attached hydrogen (secondary N) is 2. The van der Waals surface area contributed by atoms with Crippen LogP contribution in [0.4, 0.5) is 17.2 Å². The molecule has 7 nitrogen and oxygen atoms in total. The summed E-state index contributed by atoms with van der Waals surface area (Å²) < 4.78 is 0. The lowest BCUT2D eigenvalue weighted by Gasteiger charge is -2.09. The van der Waals surface area contributed by atoms with Crippen LogP contribution < -0.4 is 10.6 Å². The van der Waals surface area contributed by atoms with Crippen molar-refractivity contribution in [2.24, 2.45) is 0 Å². The van der Waals surface area contributed by atoms with Crippen molar-refractivity contribution in [2.45, 2.75) is 13.8 Å². The van der Waals surface area contributed by atoms with E-state index in [1.807, 2.05) is 0 Å². The second kappa shape index (κ2) is 8.22. The Morgan fingerprint density at radius 2 is 1.50 bits per heavy atom. The Bertz CT molecular complexity index is 1050. The van der Waals surface area contributed by atoms with Gasteiger partial charge < -0.3 is 10.6 Å². The van der Waals surface area contributed by atoms with E-state index >= 15 is 0 Å². The number of rotatable bonds is 6. The Morgan fingerprint density at radius 3 is 2.18 bits per heavy atom. The third-order valence-corrected chi connectivity index (χ3v) is 3.99. The summed E-state index contributed by atoms with van der Waals surface area (Å²) in [6, 6.07) is 15.1. The average Bonchev–Trinajstić information content (AvgIpc) is 2.69. The minimum Gasteiger partial charge on any atom is -0.340 e. The van der Waals surface area contributed by atoms with Gasteiger partial charge in [0.15, 0.2) is 11.6 Å². The Labute approximate surface area is 161 Å². The minimum atomic E-state index is -0.404. The van der Waals surface area contributed by atoms with Crippen LogP contribution in [-0.2, 0) is 0 Å². The van der Waals surface area contributed by atoms with Crippen molar-refractivity contribution in [3.8, 4) is 0 Å². The number of ketones is 2. The van der Waals surface area contributed by atoms with E-state index in [9.17, 15) is 14.4 Å². The number of nitrogens with zero attached hydrogens (tertiary/aromatic N) is 2. The first-order valence-electron chi connectivity index (χ1n) is 8.55. The lowest BCUT2D eigenvalue weighted by atomic mass is 10.1. The molecule has 28 heavy (non-hydrogen) atoms. The summed E-state index contributed by atoms with van der Waals surface area (Å²) in [4.78, 5) is 43.4. The number of carbonyl (C=O) groups is 3. The molecule has 3 rings (SSSR count). The topological polar surface area (TPSA) is 101 Å². The Kier molecular flexibility index (Phi) is 5.55. The molecule has 0 bridgehead atoms. The molecule has 0 aliphatic heterocycles. The molecule has 2 N–H and O–H groups in total. The fraction of sp³-hybridized carbons (Fsp3) is 0.0952. The van der Waals surface area contributed by atoms with E-state index in [2.05, 4.69) is 20.6 Å². The number of Topliss-reactive ketones (excluding diaryl/α,β-unsaturated/α-hetero) is 2. The van der Waals surface area contributed by atoms with Gasteiger partial charge in [0.1, 0.15) is 17.8 Å². The number of amides is 1. The number of carbonyl (C=O) groups excluding carboxylic acids is 3. The summed E-state index contributed by atoms with van der Waals surface area (Å²) in [6.07, 6.45) is 1.28. The highest BCUT2D eigenvalue weighted by molar-refractivity contribution is 6.03. The molecule has 0 saturated carbocycles. The van der Waals surface area contributed by atoms with Gasteiger partial charge in [-0.1, -0.05) is 12.1 Å². The van der Waals surface area contributed by atoms with Gasteiger partial charge in [0, 0.05) is 28.6 Å². The van der Waals surface area contributed by atoms with Gasteiger partial charge in [-0.25, -0.2) is 9.97 Å². The normalized spacial score (nSPS) is 10.2. The molecule has 1 aromatic heterocycles. The van der Waals surface area contributed by atoms with Gasteiger partial charge in [-0.2, -0.15) is 0 Å². The van der Waals surface area contributed by atoms with Crippen molar-refractivity contribution in [2.75, 3.05) is 10.6 Å². The summed E-state index contributed by atoms with van der Waals surface area (Å²) in [5, 5.41) is 5.78. The molecule has 1 heterocycles. The average molecular weight is 374 g/mol. The van der Waals surface area contributed by atoms with Gasteiger partial charge in [-0.15, -0.1) is 0 Å². The molecular formula is C21H18N4O3. The SMILES string of the molecule is CC(=O)c1ccc(NC(=O)c2cc(Nc3cccc(C(C)=O)c3)ncn2)cc1.